The fourth-order valence-electron chi connectivity index (χ4n) is 1.95. The zero-order valence-electron chi connectivity index (χ0n) is 9.99. The molecule has 0 radical (unpaired) electrons. The van der Waals surface area contributed by atoms with Gasteiger partial charge < -0.3 is 15.1 Å². The van der Waals surface area contributed by atoms with Gasteiger partial charge in [0.25, 0.3) is 0 Å². The number of piperazine rings is 1. The summed E-state index contributed by atoms with van der Waals surface area (Å²) in [6.45, 7) is 4.21. The molecule has 2 N–H and O–H groups in total. The quantitative estimate of drug-likeness (QED) is 0.731. The van der Waals surface area contributed by atoms with Crippen LogP contribution in [0.25, 0.3) is 0 Å². The first-order valence-electron chi connectivity index (χ1n) is 5.86. The molecule has 1 aliphatic heterocycles. The maximum absolute atomic E-state index is 10.7. The topological polar surface area (TPSA) is 89.8 Å². The maximum Gasteiger partial charge on any atom is 0.356 e. The highest BCUT2D eigenvalue weighted by Gasteiger charge is 2.18. The van der Waals surface area contributed by atoms with E-state index in [1.165, 1.54) is 6.07 Å². The fraction of sp³-hybridized carbons (Fsp3) is 0.545. The minimum absolute atomic E-state index is 0.0438. The van der Waals surface area contributed by atoms with Crippen LogP contribution in [0.2, 0.25) is 0 Å². The van der Waals surface area contributed by atoms with Crippen molar-refractivity contribution in [1.29, 1.82) is 0 Å². The fourth-order valence-corrected chi connectivity index (χ4v) is 1.95. The number of aromatic carboxylic acids is 1. The van der Waals surface area contributed by atoms with Crippen molar-refractivity contribution < 1.29 is 15.0 Å². The number of carbonyl (C=O) groups is 1. The molecule has 1 saturated heterocycles. The van der Waals surface area contributed by atoms with Gasteiger partial charge in [-0.15, -0.1) is 10.2 Å². The van der Waals surface area contributed by atoms with E-state index in [0.717, 1.165) is 26.2 Å². The van der Waals surface area contributed by atoms with Gasteiger partial charge in [-0.2, -0.15) is 0 Å². The SMILES string of the molecule is O=C(O)c1ccc(N2CCN(CCO)CC2)nn1. The normalized spacial score (nSPS) is 16.8. The van der Waals surface area contributed by atoms with Crippen LogP contribution in [0.15, 0.2) is 12.1 Å². The van der Waals surface area contributed by atoms with Gasteiger partial charge >= 0.3 is 5.97 Å². The Morgan fingerprint density at radius 3 is 2.44 bits per heavy atom. The minimum atomic E-state index is -1.07. The van der Waals surface area contributed by atoms with Crippen molar-refractivity contribution >= 4 is 11.8 Å². The lowest BCUT2D eigenvalue weighted by Crippen LogP contribution is -2.47. The molecule has 1 aromatic heterocycles. The van der Waals surface area contributed by atoms with Crippen LogP contribution in [0.4, 0.5) is 5.82 Å². The van der Waals surface area contributed by atoms with Gasteiger partial charge in [0.15, 0.2) is 11.5 Å². The lowest BCUT2D eigenvalue weighted by molar-refractivity contribution is 0.0689. The summed E-state index contributed by atoms with van der Waals surface area (Å²) in [5.74, 6) is -0.370. The molecule has 2 rings (SSSR count). The van der Waals surface area contributed by atoms with Gasteiger partial charge in [-0.3, -0.25) is 4.90 Å². The lowest BCUT2D eigenvalue weighted by atomic mass is 10.3. The van der Waals surface area contributed by atoms with Gasteiger partial charge in [0, 0.05) is 32.7 Å². The predicted octanol–water partition coefficient (Wildman–Crippen LogP) is -0.711. The van der Waals surface area contributed by atoms with E-state index < -0.39 is 5.97 Å². The Hall–Kier alpha value is -1.73. The second-order valence-electron chi connectivity index (χ2n) is 4.13. The van der Waals surface area contributed by atoms with Gasteiger partial charge in [0.2, 0.25) is 0 Å². The summed E-state index contributed by atoms with van der Waals surface area (Å²) < 4.78 is 0. The van der Waals surface area contributed by atoms with Crippen molar-refractivity contribution in [3.05, 3.63) is 17.8 Å². The van der Waals surface area contributed by atoms with Crippen molar-refractivity contribution in [2.75, 3.05) is 44.2 Å². The summed E-state index contributed by atoms with van der Waals surface area (Å²) in [5.41, 5.74) is -0.0438. The van der Waals surface area contributed by atoms with Crippen LogP contribution in [-0.2, 0) is 0 Å². The standard InChI is InChI=1S/C11H16N4O3/c16-8-7-14-3-5-15(6-4-14)10-2-1-9(11(17)18)12-13-10/h1-2,16H,3-8H2,(H,17,18). The Morgan fingerprint density at radius 1 is 1.22 bits per heavy atom. The van der Waals surface area contributed by atoms with Crippen molar-refractivity contribution in [3.63, 3.8) is 0 Å². The molecule has 0 spiro atoms. The summed E-state index contributed by atoms with van der Waals surface area (Å²) in [7, 11) is 0. The van der Waals surface area contributed by atoms with Crippen LogP contribution in [-0.4, -0.2) is 70.6 Å². The van der Waals surface area contributed by atoms with Crippen molar-refractivity contribution in [1.82, 2.24) is 15.1 Å². The van der Waals surface area contributed by atoms with Crippen molar-refractivity contribution in [2.24, 2.45) is 0 Å². The van der Waals surface area contributed by atoms with Gasteiger partial charge in [0.1, 0.15) is 0 Å². The highest BCUT2D eigenvalue weighted by atomic mass is 16.4. The average Bonchev–Trinajstić information content (AvgIpc) is 2.40. The predicted molar refractivity (Wildman–Crippen MR) is 64.7 cm³/mol. The minimum Gasteiger partial charge on any atom is -0.476 e. The maximum atomic E-state index is 10.7. The van der Waals surface area contributed by atoms with E-state index in [-0.39, 0.29) is 12.3 Å². The summed E-state index contributed by atoms with van der Waals surface area (Å²) >= 11 is 0. The number of aliphatic hydroxyl groups excluding tert-OH is 1. The number of aromatic nitrogens is 2. The molecule has 1 aliphatic rings. The number of anilines is 1. The molecule has 7 nitrogen and oxygen atoms in total. The molecule has 0 bridgehead atoms. The average molecular weight is 252 g/mol. The highest BCUT2D eigenvalue weighted by molar-refractivity contribution is 5.85. The van der Waals surface area contributed by atoms with Gasteiger partial charge in [0.05, 0.1) is 6.61 Å². The number of carboxylic acids is 1. The molecule has 0 atom stereocenters. The zero-order valence-corrected chi connectivity index (χ0v) is 9.99. The molecule has 0 unspecified atom stereocenters. The molecular formula is C11H16N4O3. The number of carboxylic acid groups (broad SMARTS) is 1. The third-order valence-electron chi connectivity index (χ3n) is 2.98. The van der Waals surface area contributed by atoms with Crippen molar-refractivity contribution in [3.8, 4) is 0 Å². The largest absolute Gasteiger partial charge is 0.476 e. The summed E-state index contributed by atoms with van der Waals surface area (Å²) in [6, 6.07) is 3.14. The number of hydrogen-bond donors (Lipinski definition) is 2. The summed E-state index contributed by atoms with van der Waals surface area (Å²) in [5, 5.41) is 25.2. The third-order valence-corrected chi connectivity index (χ3v) is 2.98. The molecule has 98 valence electrons. The van der Waals surface area contributed by atoms with E-state index in [4.69, 9.17) is 10.2 Å². The van der Waals surface area contributed by atoms with Crippen LogP contribution in [0.3, 0.4) is 0 Å². The second kappa shape index (κ2) is 5.74. The number of aliphatic hydroxyl groups is 1. The van der Waals surface area contributed by atoms with E-state index in [0.29, 0.717) is 12.4 Å². The van der Waals surface area contributed by atoms with E-state index in [1.807, 2.05) is 0 Å². The molecule has 0 aromatic carbocycles. The lowest BCUT2D eigenvalue weighted by Gasteiger charge is -2.34. The highest BCUT2D eigenvalue weighted by Crippen LogP contribution is 2.12. The smallest absolute Gasteiger partial charge is 0.356 e. The molecule has 0 amide bonds. The Balaban J connectivity index is 1.95. The Bertz CT molecular complexity index is 401. The Kier molecular flexibility index (Phi) is 4.06. The van der Waals surface area contributed by atoms with Gasteiger partial charge in [-0.1, -0.05) is 0 Å². The first-order valence-corrected chi connectivity index (χ1v) is 5.86. The molecule has 2 heterocycles. The number of β-amino-alcohol motifs (C(OH)–C–C–N with tert-alkyl or cyclic N) is 1. The Morgan fingerprint density at radius 2 is 1.94 bits per heavy atom. The first kappa shape index (κ1) is 12.7. The summed E-state index contributed by atoms with van der Waals surface area (Å²) in [4.78, 5) is 14.9. The monoisotopic (exact) mass is 252 g/mol. The van der Waals surface area contributed by atoms with Crippen molar-refractivity contribution in [2.45, 2.75) is 0 Å². The Labute approximate surface area is 105 Å². The van der Waals surface area contributed by atoms with E-state index in [2.05, 4.69) is 20.0 Å². The molecule has 0 aliphatic carbocycles. The van der Waals surface area contributed by atoms with Crippen LogP contribution in [0.1, 0.15) is 10.5 Å². The first-order chi connectivity index (χ1) is 8.70. The van der Waals surface area contributed by atoms with Gasteiger partial charge in [-0.05, 0) is 12.1 Å². The zero-order chi connectivity index (χ0) is 13.0. The van der Waals surface area contributed by atoms with E-state index in [1.54, 1.807) is 6.07 Å². The second-order valence-corrected chi connectivity index (χ2v) is 4.13. The van der Waals surface area contributed by atoms with E-state index >= 15 is 0 Å². The molecule has 7 heteroatoms. The van der Waals surface area contributed by atoms with E-state index in [9.17, 15) is 4.79 Å². The third kappa shape index (κ3) is 2.93. The molecule has 0 saturated carbocycles. The number of hydrogen-bond acceptors (Lipinski definition) is 6. The van der Waals surface area contributed by atoms with Crippen LogP contribution in [0.5, 0.6) is 0 Å². The number of nitrogens with zero attached hydrogens (tertiary/aromatic N) is 4. The molecule has 1 aromatic rings. The number of rotatable bonds is 4. The summed E-state index contributed by atoms with van der Waals surface area (Å²) in [6.07, 6.45) is 0. The molecule has 18 heavy (non-hydrogen) atoms. The van der Waals surface area contributed by atoms with Crippen LogP contribution >= 0.6 is 0 Å². The van der Waals surface area contributed by atoms with Gasteiger partial charge in [-0.25, -0.2) is 4.79 Å². The molecule has 1 fully saturated rings. The van der Waals surface area contributed by atoms with Crippen LogP contribution < -0.4 is 4.90 Å². The van der Waals surface area contributed by atoms with Crippen LogP contribution in [0, 0.1) is 0 Å². The molecular weight excluding hydrogens is 236 g/mol.